The molecular formula is C41H49N13O6. The molecule has 0 aromatic carbocycles. The summed E-state index contributed by atoms with van der Waals surface area (Å²) in [6.07, 6.45) is 10.1. The first-order valence-corrected chi connectivity index (χ1v) is 19.0. The molecule has 6 aromatic heterocycles. The quantitative estimate of drug-likeness (QED) is 0.0861. The van der Waals surface area contributed by atoms with Gasteiger partial charge in [0.05, 0.1) is 22.7 Å². The summed E-state index contributed by atoms with van der Waals surface area (Å²) in [4.78, 5) is 79.5. The van der Waals surface area contributed by atoms with Crippen LogP contribution < -0.4 is 31.9 Å². The Morgan fingerprint density at radius 3 is 1.00 bits per heavy atom. The van der Waals surface area contributed by atoms with Crippen molar-refractivity contribution in [3.8, 4) is 0 Å². The monoisotopic (exact) mass is 819 g/mol. The molecule has 6 aromatic rings. The van der Waals surface area contributed by atoms with Gasteiger partial charge in [0.25, 0.3) is 35.4 Å². The van der Waals surface area contributed by atoms with Gasteiger partial charge in [-0.05, 0) is 55.6 Å². The summed E-state index contributed by atoms with van der Waals surface area (Å²) < 4.78 is 9.85. The first-order chi connectivity index (χ1) is 28.6. The van der Waals surface area contributed by atoms with Gasteiger partial charge in [-0.15, -0.1) is 0 Å². The lowest BCUT2D eigenvalue weighted by molar-refractivity contribution is 0.0938. The molecule has 0 atom stereocenters. The Hall–Kier alpha value is -7.54. The topological polar surface area (TPSA) is 207 Å². The number of rotatable bonds is 16. The second kappa shape index (κ2) is 17.9. The fourth-order valence-corrected chi connectivity index (χ4v) is 6.62. The van der Waals surface area contributed by atoms with Crippen molar-refractivity contribution in [2.75, 3.05) is 54.5 Å². The Kier molecular flexibility index (Phi) is 12.6. The lowest BCUT2D eigenvalue weighted by Gasteiger charge is -2.17. The maximum atomic E-state index is 13.1. The average molecular weight is 820 g/mol. The van der Waals surface area contributed by atoms with Crippen LogP contribution in [0.5, 0.6) is 0 Å². The van der Waals surface area contributed by atoms with Gasteiger partial charge in [-0.1, -0.05) is 0 Å². The van der Waals surface area contributed by atoms with Crippen molar-refractivity contribution in [1.29, 1.82) is 0 Å². The fraction of sp³-hybridized carbons (Fsp3) is 0.268. The van der Waals surface area contributed by atoms with Crippen LogP contribution in [0.3, 0.4) is 0 Å². The van der Waals surface area contributed by atoms with E-state index in [0.29, 0.717) is 83.1 Å². The highest BCUT2D eigenvalue weighted by atomic mass is 16.2. The third-order valence-electron chi connectivity index (χ3n) is 9.89. The van der Waals surface area contributed by atoms with Crippen LogP contribution in [0, 0.1) is 0 Å². The summed E-state index contributed by atoms with van der Waals surface area (Å²) in [6.45, 7) is 1.67. The van der Waals surface area contributed by atoms with Crippen molar-refractivity contribution in [2.45, 2.75) is 0 Å². The highest BCUT2D eigenvalue weighted by Gasteiger charge is 2.20. The van der Waals surface area contributed by atoms with E-state index in [-0.39, 0.29) is 23.6 Å². The first-order valence-electron chi connectivity index (χ1n) is 19.0. The van der Waals surface area contributed by atoms with Crippen LogP contribution >= 0.6 is 0 Å². The van der Waals surface area contributed by atoms with Gasteiger partial charge < -0.3 is 64.2 Å². The molecule has 0 spiro atoms. The maximum Gasteiger partial charge on any atom is 0.272 e. The summed E-state index contributed by atoms with van der Waals surface area (Å²) in [5.74, 6) is -2.06. The standard InChI is InChI=1S/C41H49N13O6/c1-48(16-12-42-36(55)32-18-26(22-51(32)4)46-40(59)34-20-28(24-53(34)6)44-38(57)30-10-8-14-49(30)2)17-13-43-37(56)33-19-27(23-52(33)5)47-41(60)35-21-29(25-54(35)7)45-39(58)31-11-9-15-50(31)3/h8-11,14-15,18-25H,12-13,16-17H2,1-7H3,(H,42,55)(H,43,56)(H,44,57)(H,45,58)(H,46,59)(H,47,60). The predicted octanol–water partition coefficient (Wildman–Crippen LogP) is 2.82. The van der Waals surface area contributed by atoms with Gasteiger partial charge in [-0.2, -0.15) is 0 Å². The zero-order chi connectivity index (χ0) is 43.2. The van der Waals surface area contributed by atoms with Crippen molar-refractivity contribution in [3.63, 3.8) is 0 Å². The summed E-state index contributed by atoms with van der Waals surface area (Å²) in [7, 11) is 12.2. The summed E-state index contributed by atoms with van der Waals surface area (Å²) in [5, 5.41) is 17.0. The number of nitrogens with one attached hydrogen (secondary N) is 6. The minimum Gasteiger partial charge on any atom is -0.349 e. The second-order valence-electron chi connectivity index (χ2n) is 14.5. The molecule has 6 heterocycles. The Bertz CT molecular complexity index is 2400. The SMILES string of the molecule is CN(CCNC(=O)c1cc(NC(=O)c2cc(NC(=O)c3cccn3C)cn2C)cn1C)CCNC(=O)c1cc(NC(=O)c2cc(NC(=O)c3cccn3C)cn2C)cn1C. The third kappa shape index (κ3) is 9.76. The van der Waals surface area contributed by atoms with E-state index in [9.17, 15) is 28.8 Å². The summed E-state index contributed by atoms with van der Waals surface area (Å²) >= 11 is 0. The van der Waals surface area contributed by atoms with E-state index in [4.69, 9.17) is 0 Å². The molecular weight excluding hydrogens is 771 g/mol. The van der Waals surface area contributed by atoms with E-state index in [0.717, 1.165) is 0 Å². The zero-order valence-corrected chi connectivity index (χ0v) is 34.5. The molecule has 6 amide bonds. The summed E-state index contributed by atoms with van der Waals surface area (Å²) in [6, 6.07) is 13.3. The van der Waals surface area contributed by atoms with Crippen LogP contribution in [-0.2, 0) is 42.3 Å². The molecule has 0 fully saturated rings. The van der Waals surface area contributed by atoms with E-state index < -0.39 is 11.8 Å². The van der Waals surface area contributed by atoms with Crippen LogP contribution in [0.25, 0.3) is 0 Å². The zero-order valence-electron chi connectivity index (χ0n) is 34.5. The fourth-order valence-electron chi connectivity index (χ4n) is 6.62. The Morgan fingerprint density at radius 2 is 0.717 bits per heavy atom. The van der Waals surface area contributed by atoms with Gasteiger partial charge in [0, 0.05) is 106 Å². The molecule has 0 aliphatic heterocycles. The van der Waals surface area contributed by atoms with Crippen LogP contribution in [0.1, 0.15) is 62.9 Å². The number of nitrogens with zero attached hydrogens (tertiary/aromatic N) is 7. The normalized spacial score (nSPS) is 11.1. The number of likely N-dealkylation sites (N-methyl/N-ethyl adjacent to an activating group) is 1. The molecule has 19 heteroatoms. The molecule has 0 aliphatic carbocycles. The number of hydrogen-bond donors (Lipinski definition) is 6. The van der Waals surface area contributed by atoms with Crippen molar-refractivity contribution in [1.82, 2.24) is 42.9 Å². The molecule has 0 radical (unpaired) electrons. The van der Waals surface area contributed by atoms with Gasteiger partial charge in [-0.3, -0.25) is 28.8 Å². The number of amides is 6. The summed E-state index contributed by atoms with van der Waals surface area (Å²) in [5.41, 5.74) is 4.08. The van der Waals surface area contributed by atoms with Crippen LogP contribution in [-0.4, -0.2) is 101 Å². The van der Waals surface area contributed by atoms with Crippen molar-refractivity contribution < 1.29 is 28.8 Å². The molecule has 19 nitrogen and oxygen atoms in total. The van der Waals surface area contributed by atoms with E-state index in [2.05, 4.69) is 31.9 Å². The smallest absolute Gasteiger partial charge is 0.272 e. The van der Waals surface area contributed by atoms with E-state index >= 15 is 0 Å². The number of hydrogen-bond acceptors (Lipinski definition) is 7. The molecule has 314 valence electrons. The average Bonchev–Trinajstić information content (AvgIpc) is 4.05. The second-order valence-corrected chi connectivity index (χ2v) is 14.5. The highest BCUT2D eigenvalue weighted by Crippen LogP contribution is 2.20. The minimum atomic E-state index is -0.409. The molecule has 0 aliphatic rings. The molecule has 6 N–H and O–H groups in total. The third-order valence-corrected chi connectivity index (χ3v) is 9.89. The molecule has 0 saturated heterocycles. The Labute approximate surface area is 345 Å². The molecule has 0 saturated carbocycles. The largest absolute Gasteiger partial charge is 0.349 e. The number of aromatic nitrogens is 6. The van der Waals surface area contributed by atoms with Crippen LogP contribution in [0.4, 0.5) is 22.7 Å². The van der Waals surface area contributed by atoms with Gasteiger partial charge >= 0.3 is 0 Å². The first kappa shape index (κ1) is 42.1. The van der Waals surface area contributed by atoms with E-state index in [1.54, 1.807) is 155 Å². The number of aryl methyl sites for hydroxylation is 6. The predicted molar refractivity (Wildman–Crippen MR) is 226 cm³/mol. The van der Waals surface area contributed by atoms with Gasteiger partial charge in [0.1, 0.15) is 34.2 Å². The highest BCUT2D eigenvalue weighted by molar-refractivity contribution is 6.08. The minimum absolute atomic E-state index is 0.298. The van der Waals surface area contributed by atoms with Crippen LogP contribution in [0.2, 0.25) is 0 Å². The molecule has 0 unspecified atom stereocenters. The lowest BCUT2D eigenvalue weighted by atomic mass is 10.3. The molecule has 60 heavy (non-hydrogen) atoms. The maximum absolute atomic E-state index is 13.1. The van der Waals surface area contributed by atoms with Crippen molar-refractivity contribution in [3.05, 3.63) is 120 Å². The van der Waals surface area contributed by atoms with Gasteiger partial charge in [0.15, 0.2) is 0 Å². The lowest BCUT2D eigenvalue weighted by Crippen LogP contribution is -2.38. The number of carbonyl (C=O) groups excluding carboxylic acids is 6. The van der Waals surface area contributed by atoms with Gasteiger partial charge in [0.2, 0.25) is 0 Å². The Balaban J connectivity index is 0.915. The van der Waals surface area contributed by atoms with Gasteiger partial charge in [-0.25, -0.2) is 0 Å². The number of carbonyl (C=O) groups is 6. The van der Waals surface area contributed by atoms with E-state index in [1.807, 2.05) is 11.9 Å². The molecule has 0 bridgehead atoms. The van der Waals surface area contributed by atoms with Crippen molar-refractivity contribution in [2.24, 2.45) is 42.3 Å². The number of anilines is 4. The molecule has 6 rings (SSSR count). The van der Waals surface area contributed by atoms with E-state index in [1.165, 1.54) is 0 Å². The Morgan fingerprint density at radius 1 is 0.433 bits per heavy atom. The van der Waals surface area contributed by atoms with Crippen LogP contribution in [0.15, 0.2) is 85.7 Å². The van der Waals surface area contributed by atoms with Crippen molar-refractivity contribution >= 4 is 58.2 Å².